The van der Waals surface area contributed by atoms with Crippen LogP contribution < -0.4 is 16.0 Å². The number of amides is 4. The third-order valence-electron chi connectivity index (χ3n) is 8.18. The summed E-state index contributed by atoms with van der Waals surface area (Å²) in [4.78, 5) is 40.4. The molecule has 1 aromatic carbocycles. The van der Waals surface area contributed by atoms with Gasteiger partial charge in [-0.2, -0.15) is 0 Å². The summed E-state index contributed by atoms with van der Waals surface area (Å²) in [5, 5.41) is 39.2. The van der Waals surface area contributed by atoms with Crippen LogP contribution in [0.4, 0.5) is 4.79 Å². The fraction of sp³-hybridized carbons (Fsp3) is 0.700. The van der Waals surface area contributed by atoms with Crippen molar-refractivity contribution >= 4 is 17.8 Å². The molecule has 0 bridgehead atoms. The lowest BCUT2D eigenvalue weighted by atomic mass is 9.83. The smallest absolute Gasteiger partial charge is 0.318 e. The normalized spacial score (nSPS) is 19.8. The minimum absolute atomic E-state index is 0.0118. The molecule has 0 radical (unpaired) electrons. The minimum atomic E-state index is -1.05. The lowest BCUT2D eigenvalue weighted by molar-refractivity contribution is -0.124. The quantitative estimate of drug-likeness (QED) is 0.217. The first kappa shape index (κ1) is 31.8. The third kappa shape index (κ3) is 10.4. The highest BCUT2D eigenvalue weighted by atomic mass is 16.3. The van der Waals surface area contributed by atoms with Crippen LogP contribution in [0.2, 0.25) is 0 Å². The van der Waals surface area contributed by atoms with Crippen LogP contribution in [0.5, 0.6) is 0 Å². The van der Waals surface area contributed by atoms with E-state index in [0.717, 1.165) is 31.2 Å². The van der Waals surface area contributed by atoms with E-state index in [0.29, 0.717) is 51.1 Å². The zero-order chi connectivity index (χ0) is 28.9. The molecule has 2 aliphatic rings. The van der Waals surface area contributed by atoms with E-state index >= 15 is 0 Å². The molecule has 6 N–H and O–H groups in total. The Morgan fingerprint density at radius 1 is 0.975 bits per heavy atom. The van der Waals surface area contributed by atoms with Gasteiger partial charge in [0.15, 0.2) is 0 Å². The highest BCUT2D eigenvalue weighted by molar-refractivity contribution is 5.87. The maximum Gasteiger partial charge on any atom is 0.318 e. The van der Waals surface area contributed by atoms with Gasteiger partial charge in [0.05, 0.1) is 24.4 Å². The first-order chi connectivity index (χ1) is 19.3. The predicted molar refractivity (Wildman–Crippen MR) is 152 cm³/mol. The van der Waals surface area contributed by atoms with Gasteiger partial charge >= 0.3 is 6.03 Å². The van der Waals surface area contributed by atoms with Crippen LogP contribution in [0.1, 0.15) is 76.7 Å². The molecule has 1 aliphatic heterocycles. The number of carbonyl (C=O) groups is 3. The number of benzene rings is 1. The molecule has 1 aliphatic carbocycles. The number of urea groups is 1. The van der Waals surface area contributed by atoms with Crippen molar-refractivity contribution in [2.45, 2.75) is 108 Å². The van der Waals surface area contributed by atoms with Crippen molar-refractivity contribution in [1.29, 1.82) is 0 Å². The fourth-order valence-electron chi connectivity index (χ4n) is 5.65. The zero-order valence-corrected chi connectivity index (χ0v) is 23.8. The highest BCUT2D eigenvalue weighted by Gasteiger charge is 2.30. The molecule has 1 aromatic rings. The van der Waals surface area contributed by atoms with Crippen LogP contribution in [0.15, 0.2) is 30.3 Å². The molecule has 40 heavy (non-hydrogen) atoms. The van der Waals surface area contributed by atoms with Gasteiger partial charge in [-0.15, -0.1) is 0 Å². The number of nitrogens with one attached hydrogen (secondary N) is 3. The average molecular weight is 561 g/mol. The van der Waals surface area contributed by atoms with Crippen molar-refractivity contribution in [3.05, 3.63) is 35.9 Å². The van der Waals surface area contributed by atoms with Crippen molar-refractivity contribution in [1.82, 2.24) is 20.9 Å². The molecule has 0 aromatic heterocycles. The molecule has 0 spiro atoms. The van der Waals surface area contributed by atoms with Gasteiger partial charge in [-0.1, -0.05) is 69.4 Å². The Labute approximate surface area is 237 Å². The van der Waals surface area contributed by atoms with Crippen molar-refractivity contribution in [2.75, 3.05) is 19.6 Å². The van der Waals surface area contributed by atoms with Crippen molar-refractivity contribution in [3.63, 3.8) is 0 Å². The highest BCUT2D eigenvalue weighted by Crippen LogP contribution is 2.28. The van der Waals surface area contributed by atoms with E-state index in [1.54, 1.807) is 11.8 Å². The topological polar surface area (TPSA) is 151 Å². The lowest BCUT2D eigenvalue weighted by Gasteiger charge is -2.32. The van der Waals surface area contributed by atoms with Gasteiger partial charge in [0, 0.05) is 32.5 Å². The Morgan fingerprint density at radius 2 is 1.65 bits per heavy atom. The molecule has 10 heteroatoms. The standard InChI is InChI=1S/C30H48N4O6/c1-2-26(36)28(38)24(19-21-9-5-3-6-10-21)32-27(37)13-16-31-29(39)25(20-22-11-7-4-8-12-22)33-30(40)34-17-14-23(35)15-18-34/h4,7-8,11-12,21,23-26,28,35-36,38H,2-3,5-6,9-10,13-20H2,1H3,(H,31,39)(H,32,37)(H,33,40)/t24-,25-,26-,28+/m0/s1. The monoisotopic (exact) mass is 560 g/mol. The molecule has 2 fully saturated rings. The number of aliphatic hydroxyl groups excluding tert-OH is 3. The minimum Gasteiger partial charge on any atom is -0.393 e. The molecule has 4 atom stereocenters. The third-order valence-corrected chi connectivity index (χ3v) is 8.18. The van der Waals surface area contributed by atoms with Crippen LogP contribution in [0.3, 0.4) is 0 Å². The van der Waals surface area contributed by atoms with Crippen LogP contribution >= 0.6 is 0 Å². The van der Waals surface area contributed by atoms with E-state index < -0.39 is 30.4 Å². The second-order valence-corrected chi connectivity index (χ2v) is 11.3. The number of rotatable bonds is 13. The molecular formula is C30H48N4O6. The van der Waals surface area contributed by atoms with Crippen LogP contribution in [0.25, 0.3) is 0 Å². The number of piperidine rings is 1. The van der Waals surface area contributed by atoms with Crippen LogP contribution in [0, 0.1) is 5.92 Å². The van der Waals surface area contributed by atoms with Gasteiger partial charge in [0.25, 0.3) is 0 Å². The second kappa shape index (κ2) is 16.5. The molecule has 10 nitrogen and oxygen atoms in total. The number of carbonyl (C=O) groups excluding carboxylic acids is 3. The lowest BCUT2D eigenvalue weighted by Crippen LogP contribution is -2.54. The number of hydrogen-bond acceptors (Lipinski definition) is 6. The average Bonchev–Trinajstić information content (AvgIpc) is 2.97. The first-order valence-electron chi connectivity index (χ1n) is 15.0. The molecule has 4 amide bonds. The van der Waals surface area contributed by atoms with E-state index in [1.165, 1.54) is 6.42 Å². The van der Waals surface area contributed by atoms with Gasteiger partial charge < -0.3 is 36.2 Å². The summed E-state index contributed by atoms with van der Waals surface area (Å²) in [6, 6.07) is 7.67. The van der Waals surface area contributed by atoms with Gasteiger partial charge in [-0.05, 0) is 37.2 Å². The van der Waals surface area contributed by atoms with Crippen molar-refractivity contribution in [3.8, 4) is 0 Å². The van der Waals surface area contributed by atoms with E-state index in [-0.39, 0.29) is 30.8 Å². The zero-order valence-electron chi connectivity index (χ0n) is 23.8. The molecular weight excluding hydrogens is 512 g/mol. The number of aliphatic hydroxyl groups is 3. The van der Waals surface area contributed by atoms with Gasteiger partial charge in [0.1, 0.15) is 6.04 Å². The summed E-state index contributed by atoms with van der Waals surface area (Å²) in [5.41, 5.74) is 0.892. The second-order valence-electron chi connectivity index (χ2n) is 11.3. The maximum atomic E-state index is 13.1. The molecule has 1 saturated heterocycles. The Kier molecular flexibility index (Phi) is 13.2. The van der Waals surface area contributed by atoms with Crippen LogP contribution in [-0.4, -0.2) is 88.1 Å². The van der Waals surface area contributed by atoms with Gasteiger partial charge in [-0.3, -0.25) is 9.59 Å². The molecule has 224 valence electrons. The summed E-state index contributed by atoms with van der Waals surface area (Å²) in [5.74, 6) is -0.288. The molecule has 3 rings (SSSR count). The Morgan fingerprint density at radius 3 is 2.30 bits per heavy atom. The number of nitrogens with zero attached hydrogens (tertiary/aromatic N) is 1. The summed E-state index contributed by atoms with van der Waals surface area (Å²) >= 11 is 0. The predicted octanol–water partition coefficient (Wildman–Crippen LogP) is 1.86. The largest absolute Gasteiger partial charge is 0.393 e. The van der Waals surface area contributed by atoms with Crippen molar-refractivity contribution < 1.29 is 29.7 Å². The van der Waals surface area contributed by atoms with Crippen LogP contribution in [-0.2, 0) is 16.0 Å². The fourth-order valence-corrected chi connectivity index (χ4v) is 5.65. The first-order valence-corrected chi connectivity index (χ1v) is 15.0. The Bertz CT molecular complexity index is 918. The van der Waals surface area contributed by atoms with E-state index in [2.05, 4.69) is 16.0 Å². The maximum absolute atomic E-state index is 13.1. The summed E-state index contributed by atoms with van der Waals surface area (Å²) in [6.07, 6.45) is 5.56. The van der Waals surface area contributed by atoms with E-state index in [1.807, 2.05) is 30.3 Å². The SMILES string of the molecule is CC[C@H](O)[C@H](O)[C@H](CC1CCCCC1)NC(=O)CCNC(=O)[C@H](Cc1ccccc1)NC(=O)N1CCC(O)CC1. The Hall–Kier alpha value is -2.69. The number of hydrogen-bond donors (Lipinski definition) is 6. The van der Waals surface area contributed by atoms with Crippen molar-refractivity contribution in [2.24, 2.45) is 5.92 Å². The van der Waals surface area contributed by atoms with Gasteiger partial charge in [-0.25, -0.2) is 4.79 Å². The van der Waals surface area contributed by atoms with E-state index in [9.17, 15) is 29.7 Å². The van der Waals surface area contributed by atoms with E-state index in [4.69, 9.17) is 0 Å². The molecule has 0 unspecified atom stereocenters. The summed E-state index contributed by atoms with van der Waals surface area (Å²) < 4.78 is 0. The summed E-state index contributed by atoms with van der Waals surface area (Å²) in [6.45, 7) is 2.72. The Balaban J connectivity index is 1.54. The number of likely N-dealkylation sites (tertiary alicyclic amines) is 1. The van der Waals surface area contributed by atoms with Gasteiger partial charge in [0.2, 0.25) is 11.8 Å². The summed E-state index contributed by atoms with van der Waals surface area (Å²) in [7, 11) is 0. The molecule has 1 saturated carbocycles. The molecule has 1 heterocycles.